The Hall–Kier alpha value is -3.72. The molecule has 2 aromatic carbocycles. The van der Waals surface area contributed by atoms with Crippen molar-refractivity contribution in [2.24, 2.45) is 0 Å². The minimum atomic E-state index is -0.511. The smallest absolute Gasteiger partial charge is 0.266 e. The molecule has 0 aliphatic carbocycles. The van der Waals surface area contributed by atoms with Gasteiger partial charge in [-0.05, 0) is 24.6 Å². The van der Waals surface area contributed by atoms with Crippen molar-refractivity contribution in [3.63, 3.8) is 0 Å². The third kappa shape index (κ3) is 3.67. The molecule has 29 heavy (non-hydrogen) atoms. The summed E-state index contributed by atoms with van der Waals surface area (Å²) >= 11 is 0.969. The molecule has 0 spiro atoms. The molecule has 0 fully saturated rings. The van der Waals surface area contributed by atoms with Crippen molar-refractivity contribution >= 4 is 28.1 Å². The van der Waals surface area contributed by atoms with Gasteiger partial charge < -0.3 is 0 Å². The predicted molar refractivity (Wildman–Crippen MR) is 109 cm³/mol. The summed E-state index contributed by atoms with van der Waals surface area (Å²) in [6.45, 7) is 1.97. The van der Waals surface area contributed by atoms with Crippen molar-refractivity contribution in [1.29, 1.82) is 0 Å². The topological polar surface area (TPSA) is 107 Å². The van der Waals surface area contributed by atoms with Crippen molar-refractivity contribution in [1.82, 2.24) is 14.6 Å². The molecule has 0 saturated carbocycles. The Balaban J connectivity index is 1.83. The first kappa shape index (κ1) is 18.6. The molecule has 0 bridgehead atoms. The van der Waals surface area contributed by atoms with E-state index in [4.69, 9.17) is 0 Å². The maximum atomic E-state index is 12.7. The molecule has 0 amide bonds. The second-order valence-corrected chi connectivity index (χ2v) is 7.46. The van der Waals surface area contributed by atoms with E-state index in [1.165, 1.54) is 12.1 Å². The number of fused-ring (bicyclic) bond motifs is 1. The van der Waals surface area contributed by atoms with Crippen LogP contribution in [-0.4, -0.2) is 19.5 Å². The van der Waals surface area contributed by atoms with Crippen LogP contribution in [0.2, 0.25) is 0 Å². The Morgan fingerprint density at radius 1 is 1.14 bits per heavy atom. The lowest BCUT2D eigenvalue weighted by Crippen LogP contribution is -2.28. The normalized spacial score (nSPS) is 11.8. The van der Waals surface area contributed by atoms with Gasteiger partial charge in [0.2, 0.25) is 4.96 Å². The van der Waals surface area contributed by atoms with Crippen molar-refractivity contribution in [2.45, 2.75) is 13.3 Å². The van der Waals surface area contributed by atoms with Gasteiger partial charge >= 0.3 is 0 Å². The largest absolute Gasteiger partial charge is 0.296 e. The lowest BCUT2D eigenvalue weighted by atomic mass is 10.1. The molecular formula is C20H14N4O4S. The monoisotopic (exact) mass is 406 g/mol. The third-order valence-electron chi connectivity index (χ3n) is 4.36. The first-order chi connectivity index (χ1) is 13.9. The van der Waals surface area contributed by atoms with Gasteiger partial charge in [-0.25, -0.2) is 0 Å². The molecule has 2 aromatic heterocycles. The molecule has 144 valence electrons. The molecule has 0 atom stereocenters. The van der Waals surface area contributed by atoms with E-state index in [9.17, 15) is 19.7 Å². The average Bonchev–Trinajstić information content (AvgIpc) is 2.99. The van der Waals surface area contributed by atoms with Gasteiger partial charge in [-0.2, -0.15) is 14.6 Å². The Morgan fingerprint density at radius 3 is 2.59 bits per heavy atom. The molecule has 0 saturated heterocycles. The van der Waals surface area contributed by atoms with Crippen LogP contribution in [0.5, 0.6) is 0 Å². The minimum Gasteiger partial charge on any atom is -0.266 e. The highest BCUT2D eigenvalue weighted by Gasteiger charge is 2.14. The van der Waals surface area contributed by atoms with Crippen molar-refractivity contribution in [2.75, 3.05) is 0 Å². The fourth-order valence-electron chi connectivity index (χ4n) is 2.87. The van der Waals surface area contributed by atoms with Gasteiger partial charge in [-0.1, -0.05) is 53.3 Å². The Labute approximate surface area is 167 Å². The van der Waals surface area contributed by atoms with Crippen molar-refractivity contribution in [3.05, 3.63) is 106 Å². The van der Waals surface area contributed by atoms with Crippen LogP contribution in [-0.2, 0) is 6.42 Å². The Morgan fingerprint density at radius 2 is 1.86 bits per heavy atom. The number of aryl methyl sites for hydroxylation is 1. The number of para-hydroxylation sites is 1. The Bertz CT molecular complexity index is 1410. The second kappa shape index (κ2) is 7.36. The number of hydrogen-bond acceptors (Lipinski definition) is 7. The quantitative estimate of drug-likeness (QED) is 0.378. The maximum Gasteiger partial charge on any atom is 0.296 e. The zero-order valence-corrected chi connectivity index (χ0v) is 16.0. The summed E-state index contributed by atoms with van der Waals surface area (Å²) in [5.41, 5.74) is 1.37. The van der Waals surface area contributed by atoms with E-state index in [0.717, 1.165) is 27.0 Å². The Kier molecular flexibility index (Phi) is 4.73. The molecule has 8 nitrogen and oxygen atoms in total. The molecule has 0 aliphatic heterocycles. The number of thiazole rings is 1. The summed E-state index contributed by atoms with van der Waals surface area (Å²) in [6, 6.07) is 13.8. The molecule has 0 aliphatic rings. The predicted octanol–water partition coefficient (Wildman–Crippen LogP) is 1.87. The number of nitrogens with zero attached hydrogens (tertiary/aromatic N) is 4. The number of rotatable bonds is 4. The molecule has 4 aromatic rings. The van der Waals surface area contributed by atoms with E-state index in [-0.39, 0.29) is 27.3 Å². The number of nitro groups is 1. The first-order valence-corrected chi connectivity index (χ1v) is 9.47. The van der Waals surface area contributed by atoms with Crippen LogP contribution in [0.25, 0.3) is 11.0 Å². The summed E-state index contributed by atoms with van der Waals surface area (Å²) in [4.78, 5) is 39.9. The zero-order chi connectivity index (χ0) is 20.5. The summed E-state index contributed by atoms with van der Waals surface area (Å²) in [6.07, 6.45) is 1.68. The van der Waals surface area contributed by atoms with Gasteiger partial charge in [-0.3, -0.25) is 19.7 Å². The number of hydrogen-bond donors (Lipinski definition) is 0. The molecule has 2 heterocycles. The molecule has 9 heteroatoms. The van der Waals surface area contributed by atoms with Crippen LogP contribution in [0, 0.1) is 17.0 Å². The van der Waals surface area contributed by atoms with Gasteiger partial charge in [0.05, 0.1) is 15.0 Å². The van der Waals surface area contributed by atoms with E-state index in [0.29, 0.717) is 5.56 Å². The first-order valence-electron chi connectivity index (χ1n) is 8.66. The van der Waals surface area contributed by atoms with Gasteiger partial charge in [0.15, 0.2) is 0 Å². The van der Waals surface area contributed by atoms with E-state index in [1.807, 2.05) is 31.2 Å². The molecular weight excluding hydrogens is 392 g/mol. The van der Waals surface area contributed by atoms with Crippen LogP contribution in [0.4, 0.5) is 5.69 Å². The summed E-state index contributed by atoms with van der Waals surface area (Å²) in [7, 11) is 0. The second-order valence-electron chi connectivity index (χ2n) is 6.45. The van der Waals surface area contributed by atoms with Crippen LogP contribution < -0.4 is 15.7 Å². The maximum absolute atomic E-state index is 12.7. The number of aromatic nitrogens is 3. The van der Waals surface area contributed by atoms with Gasteiger partial charge in [0.25, 0.3) is 16.8 Å². The molecule has 0 unspecified atom stereocenters. The zero-order valence-electron chi connectivity index (χ0n) is 15.2. The van der Waals surface area contributed by atoms with Gasteiger partial charge in [0.1, 0.15) is 5.69 Å². The number of nitro benzene ring substituents is 1. The van der Waals surface area contributed by atoms with E-state index in [1.54, 1.807) is 18.2 Å². The fourth-order valence-corrected chi connectivity index (χ4v) is 3.76. The highest BCUT2D eigenvalue weighted by molar-refractivity contribution is 7.15. The molecule has 0 radical (unpaired) electrons. The third-order valence-corrected chi connectivity index (χ3v) is 5.32. The van der Waals surface area contributed by atoms with Crippen LogP contribution in [0.1, 0.15) is 22.4 Å². The summed E-state index contributed by atoms with van der Waals surface area (Å²) in [5.74, 6) is 0. The van der Waals surface area contributed by atoms with Gasteiger partial charge in [-0.15, -0.1) is 0 Å². The average molecular weight is 406 g/mol. The van der Waals surface area contributed by atoms with Crippen molar-refractivity contribution < 1.29 is 4.92 Å². The van der Waals surface area contributed by atoms with Gasteiger partial charge in [0, 0.05) is 12.5 Å². The molecule has 4 rings (SSSR count). The van der Waals surface area contributed by atoms with Crippen LogP contribution >= 0.6 is 11.3 Å². The highest BCUT2D eigenvalue weighted by atomic mass is 32.1. The highest BCUT2D eigenvalue weighted by Crippen LogP contribution is 2.18. The summed E-state index contributed by atoms with van der Waals surface area (Å²) < 4.78 is 1.29. The van der Waals surface area contributed by atoms with E-state index >= 15 is 0 Å². The molecule has 0 N–H and O–H groups in total. The van der Waals surface area contributed by atoms with E-state index < -0.39 is 16.0 Å². The van der Waals surface area contributed by atoms with Crippen molar-refractivity contribution in [3.8, 4) is 0 Å². The lowest BCUT2D eigenvalue weighted by Gasteiger charge is -2.01. The summed E-state index contributed by atoms with van der Waals surface area (Å²) in [5, 5.41) is 15.4. The minimum absolute atomic E-state index is 0.111. The van der Waals surface area contributed by atoms with Crippen LogP contribution in [0.15, 0.2) is 58.1 Å². The SMILES string of the molecule is Cc1ccc(Cc2nn3c(=O)c(=Cc4ccccc4[N+](=O)[O-])sc3nc2=O)cc1. The van der Waals surface area contributed by atoms with Crippen LogP contribution in [0.3, 0.4) is 0 Å². The number of benzene rings is 2. The standard InChI is InChI=1S/C20H14N4O4S/c1-12-6-8-13(9-7-12)10-15-18(25)21-20-23(22-15)19(26)17(29-20)11-14-4-2-3-5-16(14)24(27)28/h2-9,11H,10H2,1H3. The van der Waals surface area contributed by atoms with E-state index in [2.05, 4.69) is 10.1 Å². The fraction of sp³-hybridized carbons (Fsp3) is 0.100. The lowest BCUT2D eigenvalue weighted by molar-refractivity contribution is -0.385.